The third kappa shape index (κ3) is 5.69. The summed E-state index contributed by atoms with van der Waals surface area (Å²) in [4.78, 5) is 10.3. The lowest BCUT2D eigenvalue weighted by molar-refractivity contribution is -0.139. The van der Waals surface area contributed by atoms with E-state index in [1.165, 1.54) is 6.92 Å². The second-order valence-electron chi connectivity index (χ2n) is 2.46. The number of carbonyl (C=O) groups excluding carboxylic acids is 1. The monoisotopic (exact) mass is 169 g/mol. The van der Waals surface area contributed by atoms with Crippen molar-refractivity contribution in [3.8, 4) is 0 Å². The zero-order valence-electron chi connectivity index (χ0n) is 6.11. The first-order valence-corrected chi connectivity index (χ1v) is 3.19. The minimum atomic E-state index is -4.19. The van der Waals surface area contributed by atoms with E-state index in [0.29, 0.717) is 0 Å². The SMILES string of the molecule is C[C@H](CCC(F)(F)F)C(N)=O. The maximum atomic E-state index is 11.5. The molecule has 0 heterocycles. The van der Waals surface area contributed by atoms with E-state index in [1.54, 1.807) is 0 Å². The van der Waals surface area contributed by atoms with Crippen molar-refractivity contribution in [3.05, 3.63) is 0 Å². The Labute approximate surface area is 62.6 Å². The van der Waals surface area contributed by atoms with Crippen molar-refractivity contribution < 1.29 is 18.0 Å². The molecule has 0 unspecified atom stereocenters. The van der Waals surface area contributed by atoms with Crippen LogP contribution in [0, 0.1) is 5.92 Å². The average molecular weight is 169 g/mol. The van der Waals surface area contributed by atoms with Crippen molar-refractivity contribution in [2.24, 2.45) is 11.7 Å². The molecular formula is C6H10F3NO. The number of carbonyl (C=O) groups is 1. The van der Waals surface area contributed by atoms with E-state index in [9.17, 15) is 18.0 Å². The summed E-state index contributed by atoms with van der Waals surface area (Å²) in [5, 5.41) is 0. The highest BCUT2D eigenvalue weighted by molar-refractivity contribution is 5.76. The summed E-state index contributed by atoms with van der Waals surface area (Å²) < 4.78 is 34.6. The van der Waals surface area contributed by atoms with Gasteiger partial charge in [-0.1, -0.05) is 6.92 Å². The van der Waals surface area contributed by atoms with Crippen molar-refractivity contribution in [1.82, 2.24) is 0 Å². The Morgan fingerprint density at radius 1 is 1.55 bits per heavy atom. The molecule has 0 rings (SSSR count). The Balaban J connectivity index is 3.63. The number of hydrogen-bond donors (Lipinski definition) is 1. The van der Waals surface area contributed by atoms with Gasteiger partial charge in [-0.05, 0) is 6.42 Å². The lowest BCUT2D eigenvalue weighted by Crippen LogP contribution is -2.22. The third-order valence-corrected chi connectivity index (χ3v) is 1.35. The van der Waals surface area contributed by atoms with Gasteiger partial charge in [-0.25, -0.2) is 0 Å². The van der Waals surface area contributed by atoms with Crippen LogP contribution in [-0.2, 0) is 4.79 Å². The first-order chi connectivity index (χ1) is 4.83. The van der Waals surface area contributed by atoms with E-state index < -0.39 is 24.4 Å². The van der Waals surface area contributed by atoms with Crippen LogP contribution >= 0.6 is 0 Å². The fourth-order valence-corrected chi connectivity index (χ4v) is 0.522. The first-order valence-electron chi connectivity index (χ1n) is 3.19. The molecule has 2 nitrogen and oxygen atoms in total. The van der Waals surface area contributed by atoms with E-state index in [4.69, 9.17) is 5.73 Å². The lowest BCUT2D eigenvalue weighted by Gasteiger charge is -2.08. The Morgan fingerprint density at radius 2 is 2.00 bits per heavy atom. The summed E-state index contributed by atoms with van der Waals surface area (Å²) in [6.07, 6.45) is -5.36. The predicted octanol–water partition coefficient (Wildman–Crippen LogP) is 1.45. The third-order valence-electron chi connectivity index (χ3n) is 1.35. The van der Waals surface area contributed by atoms with Crippen molar-refractivity contribution in [3.63, 3.8) is 0 Å². The number of halogens is 3. The molecule has 0 spiro atoms. The minimum absolute atomic E-state index is 0.223. The largest absolute Gasteiger partial charge is 0.389 e. The van der Waals surface area contributed by atoms with Gasteiger partial charge in [-0.3, -0.25) is 4.79 Å². The van der Waals surface area contributed by atoms with Crippen LogP contribution in [-0.4, -0.2) is 12.1 Å². The summed E-state index contributed by atoms with van der Waals surface area (Å²) in [5.74, 6) is -1.38. The van der Waals surface area contributed by atoms with E-state index in [-0.39, 0.29) is 6.42 Å². The summed E-state index contributed by atoms with van der Waals surface area (Å²) >= 11 is 0. The van der Waals surface area contributed by atoms with Gasteiger partial charge in [0.25, 0.3) is 0 Å². The van der Waals surface area contributed by atoms with Gasteiger partial charge in [0.2, 0.25) is 5.91 Å². The van der Waals surface area contributed by atoms with Gasteiger partial charge in [0, 0.05) is 12.3 Å². The maximum Gasteiger partial charge on any atom is 0.389 e. The van der Waals surface area contributed by atoms with Crippen LogP contribution in [0.2, 0.25) is 0 Å². The zero-order chi connectivity index (χ0) is 9.07. The number of primary amides is 1. The molecule has 0 aliphatic rings. The molecule has 0 aromatic carbocycles. The Bertz CT molecular complexity index is 143. The van der Waals surface area contributed by atoms with Crippen LogP contribution in [0.15, 0.2) is 0 Å². The summed E-state index contributed by atoms with van der Waals surface area (Å²) in [7, 11) is 0. The molecule has 11 heavy (non-hydrogen) atoms. The Morgan fingerprint density at radius 3 is 2.27 bits per heavy atom. The standard InChI is InChI=1S/C6H10F3NO/c1-4(5(10)11)2-3-6(7,8)9/h4H,2-3H2,1H3,(H2,10,11)/t4-/m1/s1. The Kier molecular flexibility index (Phi) is 3.35. The van der Waals surface area contributed by atoms with Gasteiger partial charge < -0.3 is 5.73 Å². The van der Waals surface area contributed by atoms with E-state index in [2.05, 4.69) is 0 Å². The lowest BCUT2D eigenvalue weighted by atomic mass is 10.1. The van der Waals surface area contributed by atoms with E-state index in [1.807, 2.05) is 0 Å². The average Bonchev–Trinajstić information content (AvgIpc) is 1.80. The van der Waals surface area contributed by atoms with Crippen molar-refractivity contribution in [1.29, 1.82) is 0 Å². The smallest absolute Gasteiger partial charge is 0.369 e. The fraction of sp³-hybridized carbons (Fsp3) is 0.833. The van der Waals surface area contributed by atoms with Gasteiger partial charge >= 0.3 is 6.18 Å². The van der Waals surface area contributed by atoms with Crippen LogP contribution in [0.3, 0.4) is 0 Å². The van der Waals surface area contributed by atoms with Crippen molar-refractivity contribution >= 4 is 5.91 Å². The molecular weight excluding hydrogens is 159 g/mol. The van der Waals surface area contributed by atoms with Gasteiger partial charge in [-0.2, -0.15) is 13.2 Å². The zero-order valence-corrected chi connectivity index (χ0v) is 6.11. The highest BCUT2D eigenvalue weighted by Gasteiger charge is 2.28. The van der Waals surface area contributed by atoms with Gasteiger partial charge in [-0.15, -0.1) is 0 Å². The molecule has 0 aromatic rings. The minimum Gasteiger partial charge on any atom is -0.369 e. The molecule has 1 atom stereocenters. The van der Waals surface area contributed by atoms with Gasteiger partial charge in [0.1, 0.15) is 0 Å². The molecule has 66 valence electrons. The number of hydrogen-bond acceptors (Lipinski definition) is 1. The van der Waals surface area contributed by atoms with Gasteiger partial charge in [0.05, 0.1) is 0 Å². The van der Waals surface area contributed by atoms with E-state index >= 15 is 0 Å². The summed E-state index contributed by atoms with van der Waals surface area (Å²) in [6.45, 7) is 1.38. The number of nitrogens with two attached hydrogens (primary N) is 1. The molecule has 0 aromatic heterocycles. The molecule has 5 heteroatoms. The molecule has 0 fully saturated rings. The topological polar surface area (TPSA) is 43.1 Å². The summed E-state index contributed by atoms with van der Waals surface area (Å²) in [6, 6.07) is 0. The van der Waals surface area contributed by atoms with Crippen LogP contribution in [0.4, 0.5) is 13.2 Å². The molecule has 0 saturated heterocycles. The maximum absolute atomic E-state index is 11.5. The molecule has 0 radical (unpaired) electrons. The van der Waals surface area contributed by atoms with Crippen LogP contribution in [0.5, 0.6) is 0 Å². The van der Waals surface area contributed by atoms with E-state index in [0.717, 1.165) is 0 Å². The quantitative estimate of drug-likeness (QED) is 0.682. The predicted molar refractivity (Wildman–Crippen MR) is 33.6 cm³/mol. The molecule has 0 aliphatic carbocycles. The van der Waals surface area contributed by atoms with Crippen LogP contribution < -0.4 is 5.73 Å². The molecule has 0 aliphatic heterocycles. The number of rotatable bonds is 3. The fourth-order valence-electron chi connectivity index (χ4n) is 0.522. The number of alkyl halides is 3. The highest BCUT2D eigenvalue weighted by atomic mass is 19.4. The Hall–Kier alpha value is -0.740. The second kappa shape index (κ2) is 3.59. The molecule has 0 bridgehead atoms. The normalized spacial score (nSPS) is 14.5. The van der Waals surface area contributed by atoms with Crippen LogP contribution in [0.25, 0.3) is 0 Å². The first kappa shape index (κ1) is 10.3. The van der Waals surface area contributed by atoms with Crippen molar-refractivity contribution in [2.75, 3.05) is 0 Å². The van der Waals surface area contributed by atoms with Gasteiger partial charge in [0.15, 0.2) is 0 Å². The molecule has 1 amide bonds. The highest BCUT2D eigenvalue weighted by Crippen LogP contribution is 2.23. The number of amides is 1. The van der Waals surface area contributed by atoms with Crippen molar-refractivity contribution in [2.45, 2.75) is 25.9 Å². The second-order valence-corrected chi connectivity index (χ2v) is 2.46. The molecule has 0 saturated carbocycles. The van der Waals surface area contributed by atoms with Crippen LogP contribution in [0.1, 0.15) is 19.8 Å². The molecule has 2 N–H and O–H groups in total. The summed E-state index contributed by atoms with van der Waals surface area (Å²) in [5.41, 5.74) is 4.76.